The fraction of sp³-hybridized carbons (Fsp3) is 0.393. The van der Waals surface area contributed by atoms with Crippen molar-refractivity contribution in [1.29, 1.82) is 0 Å². The van der Waals surface area contributed by atoms with Gasteiger partial charge >= 0.3 is 11.9 Å². The molecule has 0 bridgehead atoms. The molecule has 5 rings (SSSR count). The van der Waals surface area contributed by atoms with E-state index in [1.807, 2.05) is 53.4 Å². The van der Waals surface area contributed by atoms with Crippen molar-refractivity contribution in [2.24, 2.45) is 7.05 Å². The number of rotatable bonds is 10. The molecule has 0 saturated heterocycles. The third kappa shape index (κ3) is 7.14. The summed E-state index contributed by atoms with van der Waals surface area (Å²) < 4.78 is 55.0. The zero-order valence-corrected chi connectivity index (χ0v) is 24.2. The molecule has 0 unspecified atom stereocenters. The van der Waals surface area contributed by atoms with Crippen molar-refractivity contribution in [3.8, 4) is 22.9 Å². The number of imidazole rings is 1. The van der Waals surface area contributed by atoms with Gasteiger partial charge in [0.05, 0.1) is 24.4 Å². The summed E-state index contributed by atoms with van der Waals surface area (Å²) in [4.78, 5) is 7.65. The van der Waals surface area contributed by atoms with Crippen LogP contribution in [-0.4, -0.2) is 37.6 Å². The van der Waals surface area contributed by atoms with Crippen LogP contribution in [0.5, 0.6) is 11.5 Å². The largest absolute Gasteiger partial charge is 1.00 e. The van der Waals surface area contributed by atoms with Crippen LogP contribution in [-0.2, 0) is 39.4 Å². The van der Waals surface area contributed by atoms with Crippen molar-refractivity contribution in [3.63, 3.8) is 0 Å². The number of nitrogens with zero attached hydrogens (tertiary/aromatic N) is 5. The molecule has 2 aromatic carbocycles. The highest BCUT2D eigenvalue weighted by Crippen LogP contribution is 2.34. The van der Waals surface area contributed by atoms with E-state index < -0.39 is 11.9 Å². The molecule has 2 aromatic heterocycles. The van der Waals surface area contributed by atoms with Crippen molar-refractivity contribution in [2.75, 3.05) is 13.2 Å². The number of nitrogens with one attached hydrogen (secondary N) is 1. The summed E-state index contributed by atoms with van der Waals surface area (Å²) in [6, 6.07) is 15.3. The fourth-order valence-electron chi connectivity index (χ4n) is 4.84. The van der Waals surface area contributed by atoms with Gasteiger partial charge in [-0.2, -0.15) is 18.3 Å². The molecule has 13 heteroatoms. The normalized spacial score (nSPS) is 13.0. The van der Waals surface area contributed by atoms with Crippen LogP contribution >= 0.6 is 11.6 Å². The molecular weight excluding hydrogens is 580 g/mol. The van der Waals surface area contributed by atoms with Crippen LogP contribution in [0.3, 0.4) is 0 Å². The van der Waals surface area contributed by atoms with E-state index in [-0.39, 0.29) is 31.2 Å². The van der Waals surface area contributed by atoms with Gasteiger partial charge < -0.3 is 26.4 Å². The number of ether oxygens (including phenoxy) is 2. The SMILES string of the molecule is CCCCn1c(-c2ccccc2)nc(Cl)c1CN(Cc1ccc2c(c1)OCCO2)Cc1[nH+]n(C)nc1C(F)(F)F.[Cl-]. The fourth-order valence-corrected chi connectivity index (χ4v) is 5.08. The Bertz CT molecular complexity index is 1460. The van der Waals surface area contributed by atoms with Crippen LogP contribution in [0, 0.1) is 0 Å². The Kier molecular flexibility index (Phi) is 9.83. The molecule has 0 fully saturated rings. The lowest BCUT2D eigenvalue weighted by Crippen LogP contribution is -3.00. The smallest absolute Gasteiger partial charge is 0.464 e. The number of H-pyrrole nitrogens is 1. The molecule has 220 valence electrons. The second-order valence-electron chi connectivity index (χ2n) is 9.73. The Labute approximate surface area is 247 Å². The zero-order chi connectivity index (χ0) is 28.3. The van der Waals surface area contributed by atoms with Crippen LogP contribution in [0.15, 0.2) is 48.5 Å². The second kappa shape index (κ2) is 13.1. The Morgan fingerprint density at radius 3 is 2.46 bits per heavy atom. The van der Waals surface area contributed by atoms with Crippen molar-refractivity contribution >= 4 is 11.6 Å². The summed E-state index contributed by atoms with van der Waals surface area (Å²) in [6.07, 6.45) is -2.74. The number of alkyl halides is 3. The molecule has 0 saturated carbocycles. The van der Waals surface area contributed by atoms with E-state index in [1.54, 1.807) is 0 Å². The van der Waals surface area contributed by atoms with Crippen LogP contribution in [0.4, 0.5) is 13.2 Å². The molecule has 8 nitrogen and oxygen atoms in total. The van der Waals surface area contributed by atoms with E-state index in [2.05, 4.69) is 26.7 Å². The quantitative estimate of drug-likeness (QED) is 0.276. The first kappa shape index (κ1) is 30.7. The Morgan fingerprint density at radius 1 is 1.02 bits per heavy atom. The van der Waals surface area contributed by atoms with E-state index in [0.717, 1.165) is 40.3 Å². The molecule has 0 radical (unpaired) electrons. The molecular formula is C28H31Cl2F3N6O2. The van der Waals surface area contributed by atoms with Gasteiger partial charge in [-0.15, -0.1) is 0 Å². The molecule has 1 N–H and O–H groups in total. The first-order valence-electron chi connectivity index (χ1n) is 13.2. The lowest BCUT2D eigenvalue weighted by molar-refractivity contribution is -0.503. The highest BCUT2D eigenvalue weighted by Gasteiger charge is 2.44. The van der Waals surface area contributed by atoms with Gasteiger partial charge in [-0.1, -0.05) is 66.1 Å². The van der Waals surface area contributed by atoms with E-state index in [0.29, 0.717) is 43.0 Å². The maximum Gasteiger partial charge on any atom is 0.464 e. The average molecular weight is 611 g/mol. The lowest BCUT2D eigenvalue weighted by Gasteiger charge is -2.24. The summed E-state index contributed by atoms with van der Waals surface area (Å²) in [5.41, 5.74) is 1.54. The first-order valence-corrected chi connectivity index (χ1v) is 13.5. The maximum absolute atomic E-state index is 13.8. The van der Waals surface area contributed by atoms with Crippen molar-refractivity contribution in [2.45, 2.75) is 52.1 Å². The Balaban J connectivity index is 0.00000387. The van der Waals surface area contributed by atoms with Crippen molar-refractivity contribution in [1.82, 2.24) is 24.3 Å². The molecule has 3 heterocycles. The number of fused-ring (bicyclic) bond motifs is 1. The summed E-state index contributed by atoms with van der Waals surface area (Å²) in [5, 5.41) is 6.72. The van der Waals surface area contributed by atoms with Gasteiger partial charge in [0.15, 0.2) is 22.3 Å². The zero-order valence-electron chi connectivity index (χ0n) is 22.7. The van der Waals surface area contributed by atoms with Gasteiger partial charge in [0.1, 0.15) is 19.0 Å². The van der Waals surface area contributed by atoms with Crippen LogP contribution in [0.1, 0.15) is 42.4 Å². The number of aromatic nitrogens is 5. The highest BCUT2D eigenvalue weighted by molar-refractivity contribution is 6.30. The van der Waals surface area contributed by atoms with Crippen LogP contribution < -0.4 is 27.0 Å². The third-order valence-corrected chi connectivity index (χ3v) is 6.96. The van der Waals surface area contributed by atoms with Gasteiger partial charge in [-0.3, -0.25) is 4.90 Å². The predicted molar refractivity (Wildman–Crippen MR) is 143 cm³/mol. The van der Waals surface area contributed by atoms with E-state index in [4.69, 9.17) is 21.1 Å². The lowest BCUT2D eigenvalue weighted by atomic mass is 10.1. The first-order chi connectivity index (χ1) is 19.2. The van der Waals surface area contributed by atoms with Gasteiger partial charge in [-0.05, 0) is 24.1 Å². The number of hydrogen-bond acceptors (Lipinski definition) is 5. The summed E-state index contributed by atoms with van der Waals surface area (Å²) >= 11 is 6.73. The summed E-state index contributed by atoms with van der Waals surface area (Å²) in [6.45, 7) is 4.23. The Morgan fingerprint density at radius 2 is 1.76 bits per heavy atom. The summed E-state index contributed by atoms with van der Waals surface area (Å²) in [5.74, 6) is 2.00. The molecule has 0 amide bonds. The molecule has 1 aliphatic rings. The number of halogens is 5. The van der Waals surface area contributed by atoms with Gasteiger partial charge in [-0.25, -0.2) is 4.98 Å². The predicted octanol–water partition coefficient (Wildman–Crippen LogP) is 2.55. The highest BCUT2D eigenvalue weighted by atomic mass is 35.5. The van der Waals surface area contributed by atoms with E-state index in [1.165, 1.54) is 7.05 Å². The van der Waals surface area contributed by atoms with E-state index in [9.17, 15) is 13.2 Å². The molecule has 0 atom stereocenters. The number of aryl methyl sites for hydroxylation is 1. The molecule has 0 spiro atoms. The summed E-state index contributed by atoms with van der Waals surface area (Å²) in [7, 11) is 1.44. The average Bonchev–Trinajstić information content (AvgIpc) is 3.46. The third-order valence-electron chi connectivity index (χ3n) is 6.66. The van der Waals surface area contributed by atoms with Gasteiger partial charge in [0.2, 0.25) is 0 Å². The number of aromatic amines is 1. The van der Waals surface area contributed by atoms with Crippen molar-refractivity contribution in [3.05, 3.63) is 76.3 Å². The number of benzene rings is 2. The van der Waals surface area contributed by atoms with Crippen LogP contribution in [0.25, 0.3) is 11.4 Å². The molecule has 1 aliphatic heterocycles. The standard InChI is InChI=1S/C28H30ClF3N6O2.ClH/c1-3-4-12-38-22(26(29)33-27(38)20-8-6-5-7-9-20)18-37(17-21-25(28(30,31)32)35-36(2)34-21)16-19-10-11-23-24(15-19)40-14-13-39-23;/h5-11,15H,3-4,12-14,16-18H2,1-2H3;1H. The minimum absolute atomic E-state index is 0. The minimum Gasteiger partial charge on any atom is -1.00 e. The Hall–Kier alpha value is -3.28. The molecule has 0 aliphatic carbocycles. The monoisotopic (exact) mass is 610 g/mol. The molecule has 4 aromatic rings. The minimum atomic E-state index is -4.60. The molecule has 41 heavy (non-hydrogen) atoms. The van der Waals surface area contributed by atoms with Gasteiger partial charge in [0.25, 0.3) is 0 Å². The van der Waals surface area contributed by atoms with Gasteiger partial charge in [0, 0.05) is 25.2 Å². The topological polar surface area (TPSA) is 71.5 Å². The van der Waals surface area contributed by atoms with Crippen LogP contribution in [0.2, 0.25) is 5.15 Å². The van der Waals surface area contributed by atoms with E-state index >= 15 is 0 Å². The number of unbranched alkanes of at least 4 members (excludes halogenated alkanes) is 1. The van der Waals surface area contributed by atoms with Crippen molar-refractivity contribution < 1.29 is 40.2 Å². The maximum atomic E-state index is 13.8. The second-order valence-corrected chi connectivity index (χ2v) is 10.1. The number of hydrogen-bond donors (Lipinski definition) is 0.